The van der Waals surface area contributed by atoms with Crippen LogP contribution in [0.3, 0.4) is 0 Å². The van der Waals surface area contributed by atoms with Crippen molar-refractivity contribution in [1.29, 1.82) is 0 Å². The van der Waals surface area contributed by atoms with E-state index >= 15 is 0 Å². The van der Waals surface area contributed by atoms with Crippen molar-refractivity contribution in [2.24, 2.45) is 11.8 Å². The van der Waals surface area contributed by atoms with E-state index < -0.39 is 0 Å². The molecule has 0 amide bonds. The van der Waals surface area contributed by atoms with Crippen LogP contribution in [0.4, 0.5) is 0 Å². The summed E-state index contributed by atoms with van der Waals surface area (Å²) in [4.78, 5) is 0. The molecule has 2 aliphatic rings. The van der Waals surface area contributed by atoms with E-state index in [-0.39, 0.29) is 51.0 Å². The Bertz CT molecular complexity index is 316. The molecule has 0 radical (unpaired) electrons. The zero-order valence-corrected chi connectivity index (χ0v) is 16.5. The van der Waals surface area contributed by atoms with Crippen LogP contribution in [0.15, 0.2) is 34.4 Å². The van der Waals surface area contributed by atoms with Gasteiger partial charge in [-0.1, -0.05) is 39.5 Å². The molecule has 0 nitrogen and oxygen atoms in total. The first-order valence-corrected chi connectivity index (χ1v) is 5.98. The normalized spacial score (nSPS) is 23.3. The van der Waals surface area contributed by atoms with E-state index in [4.69, 9.17) is 0 Å². The van der Waals surface area contributed by atoms with E-state index in [2.05, 4.69) is 65.8 Å². The molecule has 2 aliphatic carbocycles. The predicted octanol–water partition coefficient (Wildman–Crippen LogP) is -1.33. The molecule has 19 heavy (non-hydrogen) atoms. The second kappa shape index (κ2) is 11.1. The van der Waals surface area contributed by atoms with Gasteiger partial charge in [0.15, 0.2) is 0 Å². The average Bonchev–Trinajstić information content (AvgIpc) is 2.58. The van der Waals surface area contributed by atoms with Crippen LogP contribution in [-0.4, -0.2) is 0 Å². The maximum absolute atomic E-state index is 3.29. The molecule has 0 heterocycles. The fourth-order valence-corrected chi connectivity index (χ4v) is 1.99. The van der Waals surface area contributed by atoms with Crippen molar-refractivity contribution in [3.05, 3.63) is 46.6 Å². The second-order valence-corrected chi connectivity index (χ2v) is 4.82. The Balaban J connectivity index is -0.000000233. The molecule has 0 fully saturated rings. The van der Waals surface area contributed by atoms with Gasteiger partial charge in [-0.2, -0.15) is 12.2 Å². The number of hydrogen-bond acceptors (Lipinski definition) is 0. The van der Waals surface area contributed by atoms with Crippen LogP contribution >= 0.6 is 0 Å². The Morgan fingerprint density at radius 2 is 1.00 bits per heavy atom. The SMILES string of the molecule is CC1=[C-]C(C)C=C1C.CC1=[C-]C(C)C=C1C.[Cl-].[Cl-].[Zr+4]. The van der Waals surface area contributed by atoms with E-state index in [0.717, 1.165) is 0 Å². The van der Waals surface area contributed by atoms with Gasteiger partial charge in [0.05, 0.1) is 0 Å². The van der Waals surface area contributed by atoms with Crippen LogP contribution in [0.2, 0.25) is 0 Å². The van der Waals surface area contributed by atoms with Crippen molar-refractivity contribution in [3.63, 3.8) is 0 Å². The summed E-state index contributed by atoms with van der Waals surface area (Å²) < 4.78 is 0. The van der Waals surface area contributed by atoms with Gasteiger partial charge >= 0.3 is 26.2 Å². The van der Waals surface area contributed by atoms with E-state index in [1.165, 1.54) is 22.3 Å². The van der Waals surface area contributed by atoms with Gasteiger partial charge in [-0.05, 0) is 0 Å². The Hall–Kier alpha value is 0.423. The van der Waals surface area contributed by atoms with E-state index in [1.807, 2.05) is 0 Å². The summed E-state index contributed by atoms with van der Waals surface area (Å²) in [5.41, 5.74) is 5.41. The number of halogens is 2. The van der Waals surface area contributed by atoms with Crippen LogP contribution in [0, 0.1) is 24.0 Å². The van der Waals surface area contributed by atoms with Crippen molar-refractivity contribution in [3.8, 4) is 0 Å². The first-order valence-electron chi connectivity index (χ1n) is 5.98. The summed E-state index contributed by atoms with van der Waals surface area (Å²) in [6.45, 7) is 12.8. The molecule has 2 atom stereocenters. The van der Waals surface area contributed by atoms with Gasteiger partial charge in [0.25, 0.3) is 0 Å². The molecule has 0 aliphatic heterocycles. The molecule has 0 bridgehead atoms. The molecule has 2 unspecified atom stereocenters. The van der Waals surface area contributed by atoms with Crippen LogP contribution in [-0.2, 0) is 26.2 Å². The summed E-state index contributed by atoms with van der Waals surface area (Å²) >= 11 is 0. The second-order valence-electron chi connectivity index (χ2n) is 4.82. The summed E-state index contributed by atoms with van der Waals surface area (Å²) in [7, 11) is 0. The molecule has 2 rings (SSSR count). The van der Waals surface area contributed by atoms with E-state index in [9.17, 15) is 0 Å². The molecule has 3 heteroatoms. The quantitative estimate of drug-likeness (QED) is 0.460. The largest absolute Gasteiger partial charge is 4.00 e. The van der Waals surface area contributed by atoms with E-state index in [0.29, 0.717) is 11.8 Å². The van der Waals surface area contributed by atoms with Crippen molar-refractivity contribution in [2.75, 3.05) is 0 Å². The van der Waals surface area contributed by atoms with Gasteiger partial charge < -0.3 is 24.8 Å². The fourth-order valence-electron chi connectivity index (χ4n) is 1.99. The van der Waals surface area contributed by atoms with Gasteiger partial charge in [-0.25, -0.2) is 22.3 Å². The van der Waals surface area contributed by atoms with Crippen molar-refractivity contribution in [2.45, 2.75) is 41.5 Å². The van der Waals surface area contributed by atoms with E-state index in [1.54, 1.807) is 0 Å². The van der Waals surface area contributed by atoms with Crippen molar-refractivity contribution < 1.29 is 51.0 Å². The zero-order valence-electron chi connectivity index (χ0n) is 12.6. The minimum absolute atomic E-state index is 0. The molecule has 0 N–H and O–H groups in total. The maximum atomic E-state index is 3.29. The predicted molar refractivity (Wildman–Crippen MR) is 70.7 cm³/mol. The van der Waals surface area contributed by atoms with Gasteiger partial charge in [-0.3, -0.25) is 12.2 Å². The van der Waals surface area contributed by atoms with Gasteiger partial charge in [0.2, 0.25) is 0 Å². The summed E-state index contributed by atoms with van der Waals surface area (Å²) in [6, 6.07) is 0. The molecule has 0 aromatic rings. The minimum atomic E-state index is 0. The number of rotatable bonds is 0. The van der Waals surface area contributed by atoms with Gasteiger partial charge in [-0.15, -0.1) is 13.8 Å². The Labute approximate surface area is 150 Å². The van der Waals surface area contributed by atoms with Crippen molar-refractivity contribution in [1.82, 2.24) is 0 Å². The summed E-state index contributed by atoms with van der Waals surface area (Å²) in [6.07, 6.45) is 11.0. The van der Waals surface area contributed by atoms with Crippen molar-refractivity contribution >= 4 is 0 Å². The monoisotopic (exact) mass is 374 g/mol. The molecule has 0 aromatic carbocycles. The third kappa shape index (κ3) is 8.33. The first-order chi connectivity index (χ1) is 7.40. The Morgan fingerprint density at radius 3 is 1.05 bits per heavy atom. The smallest absolute Gasteiger partial charge is 1.00 e. The number of allylic oxidation sites excluding steroid dienone is 8. The standard InChI is InChI=1S/2C8H11.2ClH.Zr/c2*1-6-4-7(2)8(3)5-6;;;/h2*4,6H,1-3H3;2*1H;/q2*-1;;;+4/p-2. The third-order valence-corrected chi connectivity index (χ3v) is 3.07. The zero-order chi connectivity index (χ0) is 12.3. The third-order valence-electron chi connectivity index (χ3n) is 3.07. The topological polar surface area (TPSA) is 0 Å². The van der Waals surface area contributed by atoms with Crippen LogP contribution in [0.5, 0.6) is 0 Å². The van der Waals surface area contributed by atoms with Gasteiger partial charge in [0, 0.05) is 0 Å². The summed E-state index contributed by atoms with van der Waals surface area (Å²) in [5, 5.41) is 0. The molecular formula is C16H22Cl2Zr. The molecule has 0 saturated carbocycles. The summed E-state index contributed by atoms with van der Waals surface area (Å²) in [5.74, 6) is 1.10. The molecule has 0 aromatic heterocycles. The van der Waals surface area contributed by atoms with Crippen LogP contribution in [0.1, 0.15) is 41.5 Å². The Morgan fingerprint density at radius 1 is 0.737 bits per heavy atom. The minimum Gasteiger partial charge on any atom is -1.00 e. The Kier molecular flexibility index (Phi) is 14.3. The van der Waals surface area contributed by atoms with Crippen LogP contribution < -0.4 is 24.8 Å². The fraction of sp³-hybridized carbons (Fsp3) is 0.500. The molecular weight excluding hydrogens is 354 g/mol. The maximum Gasteiger partial charge on any atom is 4.00 e. The van der Waals surface area contributed by atoms with Gasteiger partial charge in [0.1, 0.15) is 0 Å². The average molecular weight is 376 g/mol. The first kappa shape index (κ1) is 24.4. The molecule has 0 spiro atoms. The number of hydrogen-bond donors (Lipinski definition) is 0. The molecule has 0 saturated heterocycles. The molecule has 104 valence electrons. The van der Waals surface area contributed by atoms with Crippen LogP contribution in [0.25, 0.3) is 0 Å².